The van der Waals surface area contributed by atoms with Crippen LogP contribution in [0.1, 0.15) is 24.0 Å². The van der Waals surface area contributed by atoms with Crippen LogP contribution >= 0.6 is 11.3 Å². The van der Waals surface area contributed by atoms with E-state index in [1.807, 2.05) is 11.3 Å². The van der Waals surface area contributed by atoms with E-state index in [1.165, 1.54) is 69.9 Å². The van der Waals surface area contributed by atoms with Crippen LogP contribution in [0.5, 0.6) is 0 Å². The fraction of sp³-hybridized carbons (Fsp3) is 0.0556. The van der Waals surface area contributed by atoms with Crippen LogP contribution in [0.2, 0.25) is 0 Å². The highest BCUT2D eigenvalue weighted by atomic mass is 32.1. The number of benzene rings is 5. The van der Waals surface area contributed by atoms with Crippen molar-refractivity contribution >= 4 is 64.5 Å². The van der Waals surface area contributed by atoms with Gasteiger partial charge in [0.15, 0.2) is 0 Å². The lowest BCUT2D eigenvalue weighted by atomic mass is 9.89. The first kappa shape index (κ1) is 21.7. The summed E-state index contributed by atoms with van der Waals surface area (Å²) in [4.78, 5) is 0. The molecule has 8 rings (SSSR count). The average molecular weight is 504 g/mol. The van der Waals surface area contributed by atoms with Crippen molar-refractivity contribution in [2.45, 2.75) is 12.8 Å². The van der Waals surface area contributed by atoms with Gasteiger partial charge in [-0.25, -0.2) is 0 Å². The van der Waals surface area contributed by atoms with Crippen LogP contribution in [-0.4, -0.2) is 4.57 Å². The molecule has 0 atom stereocenters. The maximum Gasteiger partial charge on any atom is 0.0541 e. The molecule has 0 N–H and O–H groups in total. The van der Waals surface area contributed by atoms with Gasteiger partial charge < -0.3 is 4.57 Å². The molecule has 0 saturated heterocycles. The second-order valence-electron chi connectivity index (χ2n) is 10.1. The van der Waals surface area contributed by atoms with Gasteiger partial charge in [0, 0.05) is 36.6 Å². The molecule has 2 heterocycles. The molecule has 0 spiro atoms. The van der Waals surface area contributed by atoms with Crippen molar-refractivity contribution in [3.8, 4) is 5.69 Å². The SMILES string of the molecule is C1=C(c2ccc3sc4ccccc4c3c2)CCC(c2ccc3c(c2)c2ccccc2n3-c2ccccc2)=C1. The van der Waals surface area contributed by atoms with Gasteiger partial charge in [-0.1, -0.05) is 78.9 Å². The largest absolute Gasteiger partial charge is 0.309 e. The van der Waals surface area contributed by atoms with Crippen molar-refractivity contribution in [3.05, 3.63) is 139 Å². The minimum absolute atomic E-state index is 1.05. The third-order valence-electron chi connectivity index (χ3n) is 7.95. The molecule has 0 radical (unpaired) electrons. The van der Waals surface area contributed by atoms with Gasteiger partial charge in [0.05, 0.1) is 11.0 Å². The van der Waals surface area contributed by atoms with E-state index in [4.69, 9.17) is 0 Å². The summed E-state index contributed by atoms with van der Waals surface area (Å²) in [5.74, 6) is 0. The molecule has 180 valence electrons. The standard InChI is InChI=1S/C36H25NS/c1-2-8-28(9-3-1)37-33-12-6-4-10-29(33)31-22-26(18-20-34(31)37)24-14-16-25(17-15-24)27-19-21-36-32(23-27)30-11-5-7-13-35(30)38-36/h1-14,16,18-23H,15,17H2. The molecule has 0 bridgehead atoms. The minimum atomic E-state index is 1.05. The number of allylic oxidation sites excluding steroid dienone is 4. The Balaban J connectivity index is 1.20. The van der Waals surface area contributed by atoms with E-state index >= 15 is 0 Å². The number of aromatic nitrogens is 1. The Kier molecular flexibility index (Phi) is 4.89. The number of hydrogen-bond acceptors (Lipinski definition) is 1. The van der Waals surface area contributed by atoms with Crippen LogP contribution in [0.25, 0.3) is 58.8 Å². The Morgan fingerprint density at radius 3 is 1.87 bits per heavy atom. The molecule has 1 nitrogen and oxygen atoms in total. The van der Waals surface area contributed by atoms with Crippen molar-refractivity contribution in [1.29, 1.82) is 0 Å². The van der Waals surface area contributed by atoms with Crippen molar-refractivity contribution in [2.75, 3.05) is 0 Å². The molecule has 7 aromatic rings. The fourth-order valence-electron chi connectivity index (χ4n) is 6.07. The summed E-state index contributed by atoms with van der Waals surface area (Å²) >= 11 is 1.88. The van der Waals surface area contributed by atoms with Gasteiger partial charge in [-0.3, -0.25) is 0 Å². The molecule has 0 unspecified atom stereocenters. The van der Waals surface area contributed by atoms with E-state index in [9.17, 15) is 0 Å². The number of fused-ring (bicyclic) bond motifs is 6. The van der Waals surface area contributed by atoms with Gasteiger partial charge >= 0.3 is 0 Å². The highest BCUT2D eigenvalue weighted by molar-refractivity contribution is 7.25. The van der Waals surface area contributed by atoms with Gasteiger partial charge in [0.1, 0.15) is 0 Å². The lowest BCUT2D eigenvalue weighted by molar-refractivity contribution is 1.07. The normalized spacial score (nSPS) is 13.9. The number of thiophene rings is 1. The maximum atomic E-state index is 2.39. The average Bonchev–Trinajstić information content (AvgIpc) is 3.53. The third-order valence-corrected chi connectivity index (χ3v) is 9.11. The fourth-order valence-corrected chi connectivity index (χ4v) is 7.16. The number of para-hydroxylation sites is 2. The Morgan fingerprint density at radius 2 is 1.08 bits per heavy atom. The first-order valence-corrected chi connectivity index (χ1v) is 14.1. The highest BCUT2D eigenvalue weighted by Gasteiger charge is 2.16. The van der Waals surface area contributed by atoms with Crippen molar-refractivity contribution in [2.24, 2.45) is 0 Å². The minimum Gasteiger partial charge on any atom is -0.309 e. The zero-order chi connectivity index (χ0) is 25.1. The number of nitrogens with zero attached hydrogens (tertiary/aromatic N) is 1. The molecule has 0 saturated carbocycles. The van der Waals surface area contributed by atoms with Crippen LogP contribution in [0, 0.1) is 0 Å². The van der Waals surface area contributed by atoms with Gasteiger partial charge in [-0.15, -0.1) is 11.3 Å². The summed E-state index contributed by atoms with van der Waals surface area (Å²) in [6, 6.07) is 42.2. The zero-order valence-electron chi connectivity index (χ0n) is 20.9. The van der Waals surface area contributed by atoms with Gasteiger partial charge in [0.2, 0.25) is 0 Å². The van der Waals surface area contributed by atoms with E-state index < -0.39 is 0 Å². The zero-order valence-corrected chi connectivity index (χ0v) is 21.7. The Bertz CT molecular complexity index is 2070. The number of rotatable bonds is 3. The molecule has 2 heteroatoms. The Labute approximate surface area is 225 Å². The topological polar surface area (TPSA) is 4.93 Å². The van der Waals surface area contributed by atoms with E-state index in [1.54, 1.807) is 0 Å². The molecular formula is C36H25NS. The quantitative estimate of drug-likeness (QED) is 0.226. The van der Waals surface area contributed by atoms with Crippen molar-refractivity contribution in [1.82, 2.24) is 4.57 Å². The van der Waals surface area contributed by atoms with Gasteiger partial charge in [-0.2, -0.15) is 0 Å². The highest BCUT2D eigenvalue weighted by Crippen LogP contribution is 2.39. The maximum absolute atomic E-state index is 2.39. The summed E-state index contributed by atoms with van der Waals surface area (Å²) in [7, 11) is 0. The first-order valence-electron chi connectivity index (χ1n) is 13.2. The summed E-state index contributed by atoms with van der Waals surface area (Å²) in [6.45, 7) is 0. The predicted molar refractivity (Wildman–Crippen MR) is 165 cm³/mol. The Hall–Kier alpha value is -4.40. The van der Waals surface area contributed by atoms with Crippen LogP contribution in [0.4, 0.5) is 0 Å². The summed E-state index contributed by atoms with van der Waals surface area (Å²) in [6.07, 6.45) is 6.79. The molecule has 1 aliphatic carbocycles. The first-order chi connectivity index (χ1) is 18.8. The predicted octanol–water partition coefficient (Wildman–Crippen LogP) is 10.4. The van der Waals surface area contributed by atoms with E-state index in [-0.39, 0.29) is 0 Å². The van der Waals surface area contributed by atoms with E-state index in [2.05, 4.69) is 132 Å². The van der Waals surface area contributed by atoms with Gasteiger partial charge in [0.25, 0.3) is 0 Å². The second kappa shape index (κ2) is 8.58. The molecule has 1 aliphatic rings. The van der Waals surface area contributed by atoms with E-state index in [0.29, 0.717) is 0 Å². The Morgan fingerprint density at radius 1 is 0.474 bits per heavy atom. The molecule has 0 fully saturated rings. The smallest absolute Gasteiger partial charge is 0.0541 e. The van der Waals surface area contributed by atoms with Crippen molar-refractivity contribution < 1.29 is 0 Å². The molecule has 2 aromatic heterocycles. The lowest BCUT2D eigenvalue weighted by Crippen LogP contribution is -1.95. The summed E-state index contributed by atoms with van der Waals surface area (Å²) < 4.78 is 5.11. The summed E-state index contributed by atoms with van der Waals surface area (Å²) in [5, 5.41) is 5.36. The van der Waals surface area contributed by atoms with Crippen LogP contribution in [0.3, 0.4) is 0 Å². The summed E-state index contributed by atoms with van der Waals surface area (Å²) in [5.41, 5.74) is 9.21. The van der Waals surface area contributed by atoms with Crippen molar-refractivity contribution in [3.63, 3.8) is 0 Å². The molecule has 0 aliphatic heterocycles. The molecule has 0 amide bonds. The van der Waals surface area contributed by atoms with Crippen LogP contribution in [-0.2, 0) is 0 Å². The monoisotopic (exact) mass is 503 g/mol. The molecular weight excluding hydrogens is 478 g/mol. The molecule has 5 aromatic carbocycles. The van der Waals surface area contributed by atoms with Crippen LogP contribution in [0.15, 0.2) is 127 Å². The lowest BCUT2D eigenvalue weighted by Gasteiger charge is -2.16. The third kappa shape index (κ3) is 3.38. The second-order valence-corrected chi connectivity index (χ2v) is 11.2. The van der Waals surface area contributed by atoms with Crippen LogP contribution < -0.4 is 0 Å². The van der Waals surface area contributed by atoms with Gasteiger partial charge in [-0.05, 0) is 83.6 Å². The van der Waals surface area contributed by atoms with E-state index in [0.717, 1.165) is 12.8 Å². The molecule has 38 heavy (non-hydrogen) atoms. The number of hydrogen-bond donors (Lipinski definition) is 0.